The summed E-state index contributed by atoms with van der Waals surface area (Å²) in [5, 5.41) is 17.9. The smallest absolute Gasteiger partial charge is 0.255 e. The molecular weight excluding hydrogens is 344 g/mol. The van der Waals surface area contributed by atoms with E-state index in [2.05, 4.69) is 30.3 Å². The van der Waals surface area contributed by atoms with Crippen molar-refractivity contribution in [3.63, 3.8) is 0 Å². The summed E-state index contributed by atoms with van der Waals surface area (Å²) >= 11 is 0. The molecule has 0 spiro atoms. The summed E-state index contributed by atoms with van der Waals surface area (Å²) in [5.74, 6) is 0.634. The van der Waals surface area contributed by atoms with Crippen LogP contribution in [0.25, 0.3) is 11.3 Å². The van der Waals surface area contributed by atoms with E-state index in [1.165, 1.54) is 0 Å². The van der Waals surface area contributed by atoms with Gasteiger partial charge in [0.25, 0.3) is 5.91 Å². The minimum Gasteiger partial charge on any atom is -0.497 e. The van der Waals surface area contributed by atoms with Crippen molar-refractivity contribution < 1.29 is 9.53 Å². The van der Waals surface area contributed by atoms with Crippen LogP contribution in [0.15, 0.2) is 43.1 Å². The second-order valence-corrected chi connectivity index (χ2v) is 6.78. The second kappa shape index (κ2) is 7.61. The van der Waals surface area contributed by atoms with Crippen molar-refractivity contribution in [1.29, 1.82) is 0 Å². The number of hydrogen-bond acceptors (Lipinski definition) is 5. The maximum absolute atomic E-state index is 12.8. The van der Waals surface area contributed by atoms with E-state index in [0.29, 0.717) is 17.3 Å². The molecule has 0 atom stereocenters. The maximum Gasteiger partial charge on any atom is 0.255 e. The van der Waals surface area contributed by atoms with Crippen LogP contribution in [0.1, 0.15) is 42.1 Å². The SMILES string of the molecule is COc1cccc(-c2[nH]ncc2C(=O)NC2CCC(n3cnnc3)CC2)c1. The van der Waals surface area contributed by atoms with E-state index in [1.807, 2.05) is 24.3 Å². The summed E-state index contributed by atoms with van der Waals surface area (Å²) in [4.78, 5) is 12.8. The highest BCUT2D eigenvalue weighted by Crippen LogP contribution is 2.29. The van der Waals surface area contributed by atoms with Gasteiger partial charge in [-0.3, -0.25) is 9.89 Å². The van der Waals surface area contributed by atoms with Gasteiger partial charge in [-0.2, -0.15) is 5.10 Å². The Balaban J connectivity index is 1.42. The molecule has 0 saturated heterocycles. The van der Waals surface area contributed by atoms with E-state index in [1.54, 1.807) is 26.0 Å². The lowest BCUT2D eigenvalue weighted by molar-refractivity contribution is 0.0923. The van der Waals surface area contributed by atoms with Gasteiger partial charge in [0, 0.05) is 17.6 Å². The van der Waals surface area contributed by atoms with Gasteiger partial charge in [0.15, 0.2) is 0 Å². The lowest BCUT2D eigenvalue weighted by Gasteiger charge is -2.29. The topological polar surface area (TPSA) is 97.7 Å². The molecule has 1 saturated carbocycles. The van der Waals surface area contributed by atoms with E-state index < -0.39 is 0 Å². The fourth-order valence-corrected chi connectivity index (χ4v) is 3.64. The fourth-order valence-electron chi connectivity index (χ4n) is 3.64. The molecule has 0 bridgehead atoms. The van der Waals surface area contributed by atoms with E-state index in [4.69, 9.17) is 4.74 Å². The third-order valence-electron chi connectivity index (χ3n) is 5.13. The lowest BCUT2D eigenvalue weighted by Crippen LogP contribution is -2.38. The number of aromatic nitrogens is 5. The van der Waals surface area contributed by atoms with Crippen molar-refractivity contribution in [2.24, 2.45) is 0 Å². The summed E-state index contributed by atoms with van der Waals surface area (Å²) in [5.41, 5.74) is 2.11. The highest BCUT2D eigenvalue weighted by molar-refractivity contribution is 5.99. The second-order valence-electron chi connectivity index (χ2n) is 6.78. The summed E-state index contributed by atoms with van der Waals surface area (Å²) in [6.07, 6.45) is 8.95. The molecule has 0 radical (unpaired) electrons. The molecule has 2 heterocycles. The van der Waals surface area contributed by atoms with Crippen LogP contribution >= 0.6 is 0 Å². The fraction of sp³-hybridized carbons (Fsp3) is 0.368. The van der Waals surface area contributed by atoms with Crippen LogP contribution in [-0.2, 0) is 0 Å². The first kappa shape index (κ1) is 17.3. The number of carbonyl (C=O) groups excluding carboxylic acids is 1. The predicted molar refractivity (Wildman–Crippen MR) is 99.4 cm³/mol. The van der Waals surface area contributed by atoms with Crippen LogP contribution in [0.5, 0.6) is 5.75 Å². The van der Waals surface area contributed by atoms with Crippen LogP contribution in [0, 0.1) is 0 Å². The Hall–Kier alpha value is -3.16. The van der Waals surface area contributed by atoms with Gasteiger partial charge < -0.3 is 14.6 Å². The normalized spacial score (nSPS) is 19.6. The number of aromatic amines is 1. The van der Waals surface area contributed by atoms with Gasteiger partial charge in [-0.15, -0.1) is 10.2 Å². The number of methoxy groups -OCH3 is 1. The Morgan fingerprint density at radius 1 is 1.22 bits per heavy atom. The number of ether oxygens (including phenoxy) is 1. The molecule has 27 heavy (non-hydrogen) atoms. The summed E-state index contributed by atoms with van der Waals surface area (Å²) in [7, 11) is 1.62. The number of H-pyrrole nitrogens is 1. The number of nitrogens with zero attached hydrogens (tertiary/aromatic N) is 4. The third kappa shape index (κ3) is 3.69. The van der Waals surface area contributed by atoms with E-state index in [0.717, 1.165) is 37.0 Å². The lowest BCUT2D eigenvalue weighted by atomic mass is 9.91. The largest absolute Gasteiger partial charge is 0.497 e. The molecule has 2 N–H and O–H groups in total. The first-order valence-corrected chi connectivity index (χ1v) is 9.07. The van der Waals surface area contributed by atoms with Crippen molar-refractivity contribution in [1.82, 2.24) is 30.3 Å². The Bertz CT molecular complexity index is 897. The van der Waals surface area contributed by atoms with Gasteiger partial charge in [-0.05, 0) is 37.8 Å². The van der Waals surface area contributed by atoms with Crippen molar-refractivity contribution >= 4 is 5.91 Å². The molecule has 1 aromatic carbocycles. The quantitative estimate of drug-likeness (QED) is 0.723. The molecule has 3 aromatic rings. The standard InChI is InChI=1S/C19H22N6O2/c1-27-16-4-2-3-13(9-16)18-17(10-20-24-18)19(26)23-14-5-7-15(8-6-14)25-11-21-22-12-25/h2-4,9-12,14-15H,5-8H2,1H3,(H,20,24)(H,23,26). The minimum atomic E-state index is -0.102. The first-order chi connectivity index (χ1) is 13.2. The Labute approximate surface area is 157 Å². The molecular formula is C19H22N6O2. The molecule has 8 heteroatoms. The zero-order valence-corrected chi connectivity index (χ0v) is 15.1. The van der Waals surface area contributed by atoms with Crippen molar-refractivity contribution in [2.75, 3.05) is 7.11 Å². The molecule has 1 aliphatic carbocycles. The molecule has 1 fully saturated rings. The zero-order chi connectivity index (χ0) is 18.6. The molecule has 0 aliphatic heterocycles. The molecule has 140 valence electrons. The molecule has 2 aromatic heterocycles. The minimum absolute atomic E-state index is 0.102. The molecule has 0 unspecified atom stereocenters. The first-order valence-electron chi connectivity index (χ1n) is 9.07. The monoisotopic (exact) mass is 366 g/mol. The summed E-state index contributed by atoms with van der Waals surface area (Å²) in [6, 6.07) is 8.15. The van der Waals surface area contributed by atoms with Gasteiger partial charge >= 0.3 is 0 Å². The van der Waals surface area contributed by atoms with Crippen LogP contribution < -0.4 is 10.1 Å². The number of hydrogen-bond donors (Lipinski definition) is 2. The molecule has 4 rings (SSSR count). The average Bonchev–Trinajstić information content (AvgIpc) is 3.40. The Kier molecular flexibility index (Phi) is 4.86. The van der Waals surface area contributed by atoms with Gasteiger partial charge in [-0.1, -0.05) is 12.1 Å². The number of nitrogens with one attached hydrogen (secondary N) is 2. The number of rotatable bonds is 5. The Morgan fingerprint density at radius 3 is 2.74 bits per heavy atom. The number of carbonyl (C=O) groups is 1. The summed E-state index contributed by atoms with van der Waals surface area (Å²) < 4.78 is 7.32. The molecule has 1 amide bonds. The third-order valence-corrected chi connectivity index (χ3v) is 5.13. The van der Waals surface area contributed by atoms with Crippen molar-refractivity contribution in [2.45, 2.75) is 37.8 Å². The van der Waals surface area contributed by atoms with E-state index >= 15 is 0 Å². The van der Waals surface area contributed by atoms with Crippen molar-refractivity contribution in [3.8, 4) is 17.0 Å². The number of amides is 1. The predicted octanol–water partition coefficient (Wildman–Crippen LogP) is 2.59. The van der Waals surface area contributed by atoms with Crippen LogP contribution in [0.4, 0.5) is 0 Å². The summed E-state index contributed by atoms with van der Waals surface area (Å²) in [6.45, 7) is 0. The van der Waals surface area contributed by atoms with Crippen LogP contribution in [0.2, 0.25) is 0 Å². The number of benzene rings is 1. The highest BCUT2D eigenvalue weighted by atomic mass is 16.5. The Morgan fingerprint density at radius 2 is 2.00 bits per heavy atom. The highest BCUT2D eigenvalue weighted by Gasteiger charge is 2.25. The van der Waals surface area contributed by atoms with Gasteiger partial charge in [0.05, 0.1) is 24.6 Å². The molecule has 1 aliphatic rings. The average molecular weight is 366 g/mol. The van der Waals surface area contributed by atoms with Gasteiger partial charge in [-0.25, -0.2) is 0 Å². The van der Waals surface area contributed by atoms with Gasteiger partial charge in [0.2, 0.25) is 0 Å². The van der Waals surface area contributed by atoms with E-state index in [-0.39, 0.29) is 11.9 Å². The zero-order valence-electron chi connectivity index (χ0n) is 15.1. The maximum atomic E-state index is 12.8. The van der Waals surface area contributed by atoms with Crippen molar-refractivity contribution in [3.05, 3.63) is 48.7 Å². The van der Waals surface area contributed by atoms with Gasteiger partial charge in [0.1, 0.15) is 18.4 Å². The van der Waals surface area contributed by atoms with Crippen LogP contribution in [-0.4, -0.2) is 44.0 Å². The van der Waals surface area contributed by atoms with E-state index in [9.17, 15) is 4.79 Å². The van der Waals surface area contributed by atoms with Crippen LogP contribution in [0.3, 0.4) is 0 Å². The molecule has 8 nitrogen and oxygen atoms in total.